The number of carbonyl (C=O) groups excluding carboxylic acids is 1. The van der Waals surface area contributed by atoms with E-state index in [9.17, 15) is 13.2 Å². The van der Waals surface area contributed by atoms with Gasteiger partial charge in [0.05, 0.1) is 11.4 Å². The molecule has 1 aliphatic heterocycles. The van der Waals surface area contributed by atoms with E-state index in [1.165, 1.54) is 4.31 Å². The van der Waals surface area contributed by atoms with Gasteiger partial charge in [0.1, 0.15) is 0 Å². The van der Waals surface area contributed by atoms with E-state index in [-0.39, 0.29) is 12.5 Å². The molecule has 0 atom stereocenters. The Morgan fingerprint density at radius 1 is 1.04 bits per heavy atom. The van der Waals surface area contributed by atoms with Crippen LogP contribution in [0.1, 0.15) is 0 Å². The first-order chi connectivity index (χ1) is 12.0. The number of nitrogens with zero attached hydrogens (tertiary/aromatic N) is 3. The smallest absolute Gasteiger partial charge is 0.243 e. The van der Waals surface area contributed by atoms with E-state index in [4.69, 9.17) is 0 Å². The topological polar surface area (TPSA) is 60.9 Å². The molecule has 0 spiro atoms. The van der Waals surface area contributed by atoms with E-state index < -0.39 is 10.0 Å². The van der Waals surface area contributed by atoms with Gasteiger partial charge in [0.2, 0.25) is 15.9 Å². The number of hydrogen-bond donors (Lipinski definition) is 0. The van der Waals surface area contributed by atoms with Crippen molar-refractivity contribution in [3.63, 3.8) is 0 Å². The summed E-state index contributed by atoms with van der Waals surface area (Å²) in [5.41, 5.74) is 0. The highest BCUT2D eigenvalue weighted by molar-refractivity contribution is 7.89. The first-order valence-corrected chi connectivity index (χ1v) is 9.70. The molecule has 0 unspecified atom stereocenters. The molecule has 6 nitrogen and oxygen atoms in total. The predicted octanol–water partition coefficient (Wildman–Crippen LogP) is 1.19. The lowest BCUT2D eigenvalue weighted by Gasteiger charge is -2.34. The molecule has 1 heterocycles. The molecule has 1 aliphatic rings. The zero-order chi connectivity index (χ0) is 18.3. The number of amides is 1. The highest BCUT2D eigenvalue weighted by Crippen LogP contribution is 2.17. The highest BCUT2D eigenvalue weighted by atomic mass is 32.2. The predicted molar refractivity (Wildman–Crippen MR) is 98.6 cm³/mol. The average molecular weight is 363 g/mol. The molecule has 25 heavy (non-hydrogen) atoms. The molecule has 0 aromatic heterocycles. The van der Waals surface area contributed by atoms with Gasteiger partial charge in [0.15, 0.2) is 0 Å². The Balaban J connectivity index is 1.92. The number of sulfonamides is 1. The van der Waals surface area contributed by atoms with Crippen molar-refractivity contribution in [1.29, 1.82) is 0 Å². The maximum atomic E-state index is 12.6. The lowest BCUT2D eigenvalue weighted by molar-refractivity contribution is -0.131. The van der Waals surface area contributed by atoms with Gasteiger partial charge < -0.3 is 4.90 Å². The summed E-state index contributed by atoms with van der Waals surface area (Å²) < 4.78 is 26.7. The number of rotatable bonds is 8. The first kappa shape index (κ1) is 19.4. The SMILES string of the molecule is C=CCN(CC=C)C(=O)CN1CCN(S(=O)(=O)c2ccccc2)CC1. The summed E-state index contributed by atoms with van der Waals surface area (Å²) in [7, 11) is -3.46. The molecule has 2 rings (SSSR count). The summed E-state index contributed by atoms with van der Waals surface area (Å²) in [5, 5.41) is 0. The largest absolute Gasteiger partial charge is 0.334 e. The summed E-state index contributed by atoms with van der Waals surface area (Å²) >= 11 is 0. The molecule has 1 aromatic rings. The molecule has 0 saturated carbocycles. The maximum Gasteiger partial charge on any atom is 0.243 e. The fourth-order valence-corrected chi connectivity index (χ4v) is 4.19. The summed E-state index contributed by atoms with van der Waals surface area (Å²) in [5.74, 6) is -0.000772. The second-order valence-corrected chi connectivity index (χ2v) is 7.81. The van der Waals surface area contributed by atoms with Crippen LogP contribution in [-0.4, -0.2) is 74.2 Å². The Kier molecular flexibility index (Phi) is 6.92. The maximum absolute atomic E-state index is 12.6. The standard InChI is InChI=1S/C18H25N3O3S/c1-3-10-20(11-4-2)18(22)16-19-12-14-21(15-13-19)25(23,24)17-8-6-5-7-9-17/h3-9H,1-2,10-16H2. The van der Waals surface area contributed by atoms with E-state index in [1.54, 1.807) is 47.4 Å². The van der Waals surface area contributed by atoms with Crippen molar-refractivity contribution in [3.05, 3.63) is 55.6 Å². The minimum Gasteiger partial charge on any atom is -0.334 e. The Morgan fingerprint density at radius 2 is 1.60 bits per heavy atom. The number of piperazine rings is 1. The van der Waals surface area contributed by atoms with Gasteiger partial charge in [0, 0.05) is 39.3 Å². The van der Waals surface area contributed by atoms with Crippen LogP contribution >= 0.6 is 0 Å². The van der Waals surface area contributed by atoms with Crippen LogP contribution in [0.5, 0.6) is 0 Å². The van der Waals surface area contributed by atoms with Crippen molar-refractivity contribution in [2.24, 2.45) is 0 Å². The minimum absolute atomic E-state index is 0.000772. The van der Waals surface area contributed by atoms with Crippen molar-refractivity contribution in [1.82, 2.24) is 14.1 Å². The Morgan fingerprint density at radius 3 is 2.12 bits per heavy atom. The second kappa shape index (κ2) is 8.94. The van der Waals surface area contributed by atoms with Gasteiger partial charge in [-0.25, -0.2) is 8.42 Å². The first-order valence-electron chi connectivity index (χ1n) is 8.26. The molecule has 136 valence electrons. The monoisotopic (exact) mass is 363 g/mol. The van der Waals surface area contributed by atoms with Gasteiger partial charge in [-0.2, -0.15) is 4.31 Å². The van der Waals surface area contributed by atoms with Crippen molar-refractivity contribution >= 4 is 15.9 Å². The van der Waals surface area contributed by atoms with E-state index in [0.717, 1.165) is 0 Å². The molecule has 1 aromatic carbocycles. The van der Waals surface area contributed by atoms with E-state index in [2.05, 4.69) is 13.2 Å². The Labute approximate surface area is 150 Å². The highest BCUT2D eigenvalue weighted by Gasteiger charge is 2.29. The third-order valence-corrected chi connectivity index (χ3v) is 6.04. The van der Waals surface area contributed by atoms with Crippen molar-refractivity contribution < 1.29 is 13.2 Å². The van der Waals surface area contributed by atoms with Crippen LogP contribution in [-0.2, 0) is 14.8 Å². The third-order valence-electron chi connectivity index (χ3n) is 4.12. The van der Waals surface area contributed by atoms with Crippen LogP contribution in [0.25, 0.3) is 0 Å². The normalized spacial score (nSPS) is 16.3. The zero-order valence-corrected chi connectivity index (χ0v) is 15.2. The van der Waals surface area contributed by atoms with Crippen LogP contribution in [0.2, 0.25) is 0 Å². The molecule has 0 aliphatic carbocycles. The Bertz CT molecular complexity index is 686. The summed E-state index contributed by atoms with van der Waals surface area (Å²) in [6.07, 6.45) is 3.37. The van der Waals surface area contributed by atoms with Gasteiger partial charge in [-0.05, 0) is 12.1 Å². The zero-order valence-electron chi connectivity index (χ0n) is 14.4. The van der Waals surface area contributed by atoms with Gasteiger partial charge in [-0.1, -0.05) is 30.4 Å². The van der Waals surface area contributed by atoms with Crippen LogP contribution in [0.4, 0.5) is 0 Å². The summed E-state index contributed by atoms with van der Waals surface area (Å²) in [6, 6.07) is 8.44. The van der Waals surface area contributed by atoms with E-state index in [1.807, 2.05) is 4.90 Å². The molecular weight excluding hydrogens is 338 g/mol. The Hall–Kier alpha value is -1.96. The fourth-order valence-electron chi connectivity index (χ4n) is 2.75. The number of hydrogen-bond acceptors (Lipinski definition) is 4. The van der Waals surface area contributed by atoms with E-state index in [0.29, 0.717) is 44.2 Å². The van der Waals surface area contributed by atoms with Crippen LogP contribution < -0.4 is 0 Å². The van der Waals surface area contributed by atoms with Crippen LogP contribution in [0, 0.1) is 0 Å². The number of benzene rings is 1. The quantitative estimate of drug-likeness (QED) is 0.651. The average Bonchev–Trinajstić information content (AvgIpc) is 2.62. The van der Waals surface area contributed by atoms with Gasteiger partial charge in [-0.15, -0.1) is 13.2 Å². The molecule has 0 N–H and O–H groups in total. The van der Waals surface area contributed by atoms with Gasteiger partial charge in [-0.3, -0.25) is 9.69 Å². The lowest BCUT2D eigenvalue weighted by atomic mass is 10.3. The summed E-state index contributed by atoms with van der Waals surface area (Å²) in [4.78, 5) is 16.3. The van der Waals surface area contributed by atoms with Crippen molar-refractivity contribution in [2.75, 3.05) is 45.8 Å². The molecule has 0 radical (unpaired) electrons. The van der Waals surface area contributed by atoms with Gasteiger partial charge in [0.25, 0.3) is 0 Å². The number of carbonyl (C=O) groups is 1. The van der Waals surface area contributed by atoms with Crippen LogP contribution in [0.3, 0.4) is 0 Å². The molecule has 1 amide bonds. The van der Waals surface area contributed by atoms with Gasteiger partial charge >= 0.3 is 0 Å². The molecule has 1 fully saturated rings. The molecule has 0 bridgehead atoms. The van der Waals surface area contributed by atoms with Crippen molar-refractivity contribution in [3.8, 4) is 0 Å². The molecule has 7 heteroatoms. The second-order valence-electron chi connectivity index (χ2n) is 5.87. The molecule has 1 saturated heterocycles. The van der Waals surface area contributed by atoms with Crippen molar-refractivity contribution in [2.45, 2.75) is 4.90 Å². The summed E-state index contributed by atoms with van der Waals surface area (Å²) in [6.45, 7) is 10.4. The fraction of sp³-hybridized carbons (Fsp3) is 0.389. The minimum atomic E-state index is -3.46. The third kappa shape index (κ3) is 5.01. The van der Waals surface area contributed by atoms with E-state index >= 15 is 0 Å². The lowest BCUT2D eigenvalue weighted by Crippen LogP contribution is -2.51. The molecular formula is C18H25N3O3S. The van der Waals surface area contributed by atoms with Crippen LogP contribution in [0.15, 0.2) is 60.5 Å².